The number of ketones is 1. The van der Waals surface area contributed by atoms with E-state index in [1.54, 1.807) is 18.2 Å². The van der Waals surface area contributed by atoms with Gasteiger partial charge in [0.15, 0.2) is 5.78 Å². The lowest BCUT2D eigenvalue weighted by Gasteiger charge is -2.24. The van der Waals surface area contributed by atoms with Crippen LogP contribution in [0.4, 0.5) is 0 Å². The number of hydrazone groups is 1. The Bertz CT molecular complexity index is 813. The highest BCUT2D eigenvalue weighted by Gasteiger charge is 2.46. The third-order valence-electron chi connectivity index (χ3n) is 4.40. The van der Waals surface area contributed by atoms with Gasteiger partial charge in [-0.2, -0.15) is 5.10 Å². The van der Waals surface area contributed by atoms with E-state index in [1.165, 1.54) is 5.01 Å². The van der Waals surface area contributed by atoms with Gasteiger partial charge in [0.25, 0.3) is 5.91 Å². The van der Waals surface area contributed by atoms with E-state index in [2.05, 4.69) is 11.7 Å². The van der Waals surface area contributed by atoms with Crippen molar-refractivity contribution in [2.45, 2.75) is 26.2 Å². The lowest BCUT2D eigenvalue weighted by molar-refractivity contribution is -0.132. The summed E-state index contributed by atoms with van der Waals surface area (Å²) in [6.07, 6.45) is 1.75. The molecule has 1 amide bonds. The molecule has 0 bridgehead atoms. The molecule has 134 valence electrons. The Hall–Kier alpha value is -3.01. The number of hydrogen-bond donors (Lipinski definition) is 0. The molecule has 0 N–H and O–H groups in total. The van der Waals surface area contributed by atoms with Gasteiger partial charge in [-0.05, 0) is 26.3 Å². The lowest BCUT2D eigenvalue weighted by Crippen LogP contribution is -2.41. The number of benzene rings is 2. The van der Waals surface area contributed by atoms with Crippen molar-refractivity contribution in [3.63, 3.8) is 0 Å². The van der Waals surface area contributed by atoms with Gasteiger partial charge >= 0.3 is 0 Å². The van der Waals surface area contributed by atoms with Crippen LogP contribution in [0.25, 0.3) is 0 Å². The number of hydrogen-bond acceptors (Lipinski definition) is 3. The zero-order valence-corrected chi connectivity index (χ0v) is 15.5. The van der Waals surface area contributed by atoms with Gasteiger partial charge in [-0.25, -0.2) is 5.01 Å². The maximum atomic E-state index is 12.9. The molecule has 4 heteroatoms. The highest BCUT2D eigenvalue weighted by Crippen LogP contribution is 2.33. The van der Waals surface area contributed by atoms with Gasteiger partial charge < -0.3 is 0 Å². The molecule has 2 aromatic carbocycles. The Labute approximate surface area is 154 Å². The largest absolute Gasteiger partial charge is 0.292 e. The van der Waals surface area contributed by atoms with Crippen molar-refractivity contribution >= 4 is 17.4 Å². The number of nitrogens with zero attached hydrogens (tertiary/aromatic N) is 2. The van der Waals surface area contributed by atoms with E-state index in [1.807, 2.05) is 69.3 Å². The molecule has 4 nitrogen and oxygen atoms in total. The standard InChI is InChI=1S/C19H18N2O2.C3H6/c1-14-19(2,16-11-7-4-8-12-16)18(23)21(20-14)13-17(22)15-9-5-3-6-10-15;1-3-2/h3-12H,13H2,1-2H3;3H,1H2,2H3. The fourth-order valence-electron chi connectivity index (χ4n) is 2.80. The third-order valence-corrected chi connectivity index (χ3v) is 4.40. The number of carbonyl (C=O) groups is 2. The van der Waals surface area contributed by atoms with Crippen LogP contribution < -0.4 is 0 Å². The van der Waals surface area contributed by atoms with Crippen molar-refractivity contribution in [3.8, 4) is 0 Å². The Kier molecular flexibility index (Phi) is 6.23. The number of rotatable bonds is 4. The monoisotopic (exact) mass is 348 g/mol. The molecule has 0 fully saturated rings. The second kappa shape index (κ2) is 8.39. The summed E-state index contributed by atoms with van der Waals surface area (Å²) in [6.45, 7) is 8.90. The third kappa shape index (κ3) is 3.80. The molecule has 1 atom stereocenters. The first-order valence-electron chi connectivity index (χ1n) is 8.53. The zero-order chi connectivity index (χ0) is 19.2. The van der Waals surface area contributed by atoms with E-state index in [4.69, 9.17) is 0 Å². The molecule has 1 aliphatic rings. The first-order chi connectivity index (χ1) is 12.4. The van der Waals surface area contributed by atoms with Gasteiger partial charge in [-0.1, -0.05) is 66.7 Å². The quantitative estimate of drug-likeness (QED) is 0.613. The summed E-state index contributed by atoms with van der Waals surface area (Å²) < 4.78 is 0. The molecular weight excluding hydrogens is 324 g/mol. The predicted octanol–water partition coefficient (Wildman–Crippen LogP) is 4.24. The Morgan fingerprint density at radius 3 is 2.15 bits per heavy atom. The maximum absolute atomic E-state index is 12.9. The predicted molar refractivity (Wildman–Crippen MR) is 105 cm³/mol. The number of carbonyl (C=O) groups excluding carboxylic acids is 2. The molecule has 0 aliphatic carbocycles. The van der Waals surface area contributed by atoms with Crippen molar-refractivity contribution < 1.29 is 9.59 Å². The summed E-state index contributed by atoms with van der Waals surface area (Å²) in [7, 11) is 0. The van der Waals surface area contributed by atoms with Crippen molar-refractivity contribution in [3.05, 3.63) is 84.4 Å². The molecule has 0 saturated heterocycles. The molecule has 3 rings (SSSR count). The van der Waals surface area contributed by atoms with E-state index in [9.17, 15) is 9.59 Å². The normalized spacial score (nSPS) is 18.7. The van der Waals surface area contributed by atoms with Gasteiger partial charge in [-0.3, -0.25) is 9.59 Å². The SMILES string of the molecule is C=CC.CC1=NN(CC(=O)c2ccccc2)C(=O)C1(C)c1ccccc1. The minimum absolute atomic E-state index is 0.0391. The van der Waals surface area contributed by atoms with E-state index >= 15 is 0 Å². The van der Waals surface area contributed by atoms with Crippen LogP contribution >= 0.6 is 0 Å². The van der Waals surface area contributed by atoms with Crippen LogP contribution in [0.2, 0.25) is 0 Å². The van der Waals surface area contributed by atoms with Gasteiger partial charge in [0.1, 0.15) is 12.0 Å². The highest BCUT2D eigenvalue weighted by atomic mass is 16.2. The molecule has 0 saturated carbocycles. The van der Waals surface area contributed by atoms with E-state index in [0.717, 1.165) is 5.56 Å². The summed E-state index contributed by atoms with van der Waals surface area (Å²) in [4.78, 5) is 25.2. The Balaban J connectivity index is 0.000000758. The highest BCUT2D eigenvalue weighted by molar-refractivity contribution is 6.17. The van der Waals surface area contributed by atoms with Crippen LogP contribution in [-0.2, 0) is 10.2 Å². The topological polar surface area (TPSA) is 49.7 Å². The second-order valence-electron chi connectivity index (χ2n) is 6.24. The fourth-order valence-corrected chi connectivity index (χ4v) is 2.80. The zero-order valence-electron chi connectivity index (χ0n) is 15.5. The minimum atomic E-state index is -0.807. The van der Waals surface area contributed by atoms with Crippen LogP contribution in [0.5, 0.6) is 0 Å². The van der Waals surface area contributed by atoms with Crippen molar-refractivity contribution in [2.24, 2.45) is 5.10 Å². The van der Waals surface area contributed by atoms with Gasteiger partial charge in [-0.15, -0.1) is 6.58 Å². The van der Waals surface area contributed by atoms with Crippen molar-refractivity contribution in [1.29, 1.82) is 0 Å². The van der Waals surface area contributed by atoms with E-state index in [-0.39, 0.29) is 18.2 Å². The lowest BCUT2D eigenvalue weighted by atomic mass is 9.78. The summed E-state index contributed by atoms with van der Waals surface area (Å²) >= 11 is 0. The van der Waals surface area contributed by atoms with Crippen LogP contribution in [0, 0.1) is 0 Å². The fraction of sp³-hybridized carbons (Fsp3) is 0.227. The summed E-state index contributed by atoms with van der Waals surface area (Å²) in [6, 6.07) is 18.5. The molecule has 0 aromatic heterocycles. The molecule has 2 aromatic rings. The van der Waals surface area contributed by atoms with Crippen molar-refractivity contribution in [2.75, 3.05) is 6.54 Å². The van der Waals surface area contributed by atoms with Crippen LogP contribution in [-0.4, -0.2) is 29.0 Å². The van der Waals surface area contributed by atoms with Crippen molar-refractivity contribution in [1.82, 2.24) is 5.01 Å². The average molecular weight is 348 g/mol. The van der Waals surface area contributed by atoms with Gasteiger partial charge in [0, 0.05) is 5.56 Å². The Morgan fingerprint density at radius 1 is 1.12 bits per heavy atom. The summed E-state index contributed by atoms with van der Waals surface area (Å²) in [5.41, 5.74) is 1.37. The van der Waals surface area contributed by atoms with Crippen LogP contribution in [0.15, 0.2) is 78.4 Å². The molecule has 26 heavy (non-hydrogen) atoms. The first kappa shape index (κ1) is 19.3. The molecule has 1 heterocycles. The molecule has 1 aliphatic heterocycles. The average Bonchev–Trinajstić information content (AvgIpc) is 2.88. The van der Waals surface area contributed by atoms with Crippen LogP contribution in [0.1, 0.15) is 36.7 Å². The first-order valence-corrected chi connectivity index (χ1v) is 8.53. The molecule has 0 radical (unpaired) electrons. The van der Waals surface area contributed by atoms with E-state index in [0.29, 0.717) is 11.3 Å². The number of amides is 1. The number of Topliss-reactive ketones (excluding diaryl/α,β-unsaturated/α-hetero) is 1. The summed E-state index contributed by atoms with van der Waals surface area (Å²) in [5.74, 6) is -0.279. The van der Waals surface area contributed by atoms with E-state index < -0.39 is 5.41 Å². The number of allylic oxidation sites excluding steroid dienone is 1. The van der Waals surface area contributed by atoms with Gasteiger partial charge in [0.2, 0.25) is 0 Å². The molecule has 1 unspecified atom stereocenters. The minimum Gasteiger partial charge on any atom is -0.292 e. The van der Waals surface area contributed by atoms with Crippen LogP contribution in [0.3, 0.4) is 0 Å². The summed E-state index contributed by atoms with van der Waals surface area (Å²) in [5, 5.41) is 5.63. The second-order valence-corrected chi connectivity index (χ2v) is 6.24. The maximum Gasteiger partial charge on any atom is 0.259 e. The molecular formula is C22H24N2O2. The van der Waals surface area contributed by atoms with Gasteiger partial charge in [0.05, 0.1) is 5.71 Å². The molecule has 0 spiro atoms. The smallest absolute Gasteiger partial charge is 0.259 e. The Morgan fingerprint density at radius 2 is 1.62 bits per heavy atom.